The fourth-order valence-electron chi connectivity index (χ4n) is 3.56. The first-order chi connectivity index (χ1) is 10.8. The van der Waals surface area contributed by atoms with E-state index in [1.807, 2.05) is 0 Å². The van der Waals surface area contributed by atoms with E-state index in [1.165, 1.54) is 0 Å². The Morgan fingerprint density at radius 3 is 2.57 bits per heavy atom. The lowest BCUT2D eigenvalue weighted by Crippen LogP contribution is -2.37. The molecule has 2 aliphatic carbocycles. The van der Waals surface area contributed by atoms with Crippen molar-refractivity contribution in [1.29, 1.82) is 0 Å². The number of hydrogen-bond acceptors (Lipinski definition) is 3. The molecule has 0 bridgehead atoms. The van der Waals surface area contributed by atoms with Crippen LogP contribution in [0.5, 0.6) is 5.75 Å². The summed E-state index contributed by atoms with van der Waals surface area (Å²) < 4.78 is 5.16. The maximum Gasteiger partial charge on any atom is 0.341 e. The van der Waals surface area contributed by atoms with Gasteiger partial charge in [-0.15, -0.1) is 11.6 Å². The number of alkyl halides is 1. The molecule has 1 atom stereocenters. The highest BCUT2D eigenvalue weighted by atomic mass is 35.5. The first-order valence-corrected chi connectivity index (χ1v) is 8.57. The van der Waals surface area contributed by atoms with Crippen molar-refractivity contribution in [3.8, 4) is 5.75 Å². The Balaban J connectivity index is 1.98. The van der Waals surface area contributed by atoms with Gasteiger partial charge in [-0.25, -0.2) is 4.79 Å². The third-order valence-corrected chi connectivity index (χ3v) is 6.12. The highest BCUT2D eigenvalue weighted by Crippen LogP contribution is 2.51. The summed E-state index contributed by atoms with van der Waals surface area (Å²) in [5, 5.41) is 8.86. The number of fused-ring (bicyclic) bond motifs is 1. The van der Waals surface area contributed by atoms with Crippen molar-refractivity contribution in [3.05, 3.63) is 27.2 Å². The zero-order chi connectivity index (χ0) is 16.8. The van der Waals surface area contributed by atoms with Gasteiger partial charge in [-0.2, -0.15) is 0 Å². The Labute approximate surface area is 148 Å². The molecule has 2 aliphatic rings. The average Bonchev–Trinajstić information content (AvgIpc) is 3.10. The SMILES string of the molecule is O=C(O)COc1cc2c(c(Cl)c1Cl)C(=O)C(Cl)(C1CCCC1)C2. The standard InChI is InChI=1S/C16H15Cl3O4/c17-13-10(23-7-11(20)21)5-8-6-16(19,9-3-1-2-4-9)15(22)12(8)14(13)18/h5,9H,1-4,6-7H2,(H,20,21). The number of rotatable bonds is 4. The average molecular weight is 378 g/mol. The van der Waals surface area contributed by atoms with Gasteiger partial charge in [0.1, 0.15) is 15.6 Å². The molecule has 1 fully saturated rings. The topological polar surface area (TPSA) is 63.6 Å². The van der Waals surface area contributed by atoms with Gasteiger partial charge in [-0.1, -0.05) is 36.0 Å². The minimum Gasteiger partial charge on any atom is -0.480 e. The van der Waals surface area contributed by atoms with E-state index in [0.29, 0.717) is 17.5 Å². The van der Waals surface area contributed by atoms with Crippen molar-refractivity contribution >= 4 is 46.6 Å². The number of halogens is 3. The van der Waals surface area contributed by atoms with Crippen LogP contribution in [0.3, 0.4) is 0 Å². The van der Waals surface area contributed by atoms with Crippen LogP contribution in [0.2, 0.25) is 10.0 Å². The summed E-state index contributed by atoms with van der Waals surface area (Å²) in [6, 6.07) is 1.59. The summed E-state index contributed by atoms with van der Waals surface area (Å²) in [5.74, 6) is -1.01. The molecule has 0 aliphatic heterocycles. The Kier molecular flexibility index (Phi) is 4.51. The number of benzene rings is 1. The molecule has 0 amide bonds. The normalized spacial score (nSPS) is 24.0. The number of carbonyl (C=O) groups is 2. The van der Waals surface area contributed by atoms with E-state index in [1.54, 1.807) is 6.07 Å². The summed E-state index contributed by atoms with van der Waals surface area (Å²) in [6.07, 6.45) is 4.37. The Hall–Kier alpha value is -0.970. The van der Waals surface area contributed by atoms with Crippen molar-refractivity contribution in [3.63, 3.8) is 0 Å². The van der Waals surface area contributed by atoms with Crippen LogP contribution < -0.4 is 4.74 Å². The van der Waals surface area contributed by atoms with Gasteiger partial charge in [0.25, 0.3) is 0 Å². The Morgan fingerprint density at radius 1 is 1.30 bits per heavy atom. The molecule has 0 spiro atoms. The van der Waals surface area contributed by atoms with Crippen LogP contribution in [-0.2, 0) is 11.2 Å². The second-order valence-corrected chi connectivity index (χ2v) is 7.50. The number of ether oxygens (including phenoxy) is 1. The molecule has 1 N–H and O–H groups in total. The molecule has 1 saturated carbocycles. The summed E-state index contributed by atoms with van der Waals surface area (Å²) in [4.78, 5) is 22.5. The Bertz CT molecular complexity index is 682. The van der Waals surface area contributed by atoms with E-state index >= 15 is 0 Å². The van der Waals surface area contributed by atoms with Gasteiger partial charge in [0.2, 0.25) is 0 Å². The number of Topliss-reactive ketones (excluding diaryl/α,β-unsaturated/α-hetero) is 1. The van der Waals surface area contributed by atoms with Crippen molar-refractivity contribution in [2.75, 3.05) is 6.61 Å². The van der Waals surface area contributed by atoms with E-state index in [-0.39, 0.29) is 27.5 Å². The number of hydrogen-bond donors (Lipinski definition) is 1. The quantitative estimate of drug-likeness (QED) is 0.792. The molecular formula is C16H15Cl3O4. The zero-order valence-corrected chi connectivity index (χ0v) is 14.5. The fraction of sp³-hybridized carbons (Fsp3) is 0.500. The van der Waals surface area contributed by atoms with Crippen molar-refractivity contribution < 1.29 is 19.4 Å². The third-order valence-electron chi connectivity index (χ3n) is 4.66. The Morgan fingerprint density at radius 2 is 1.96 bits per heavy atom. The maximum atomic E-state index is 12.8. The molecule has 4 nitrogen and oxygen atoms in total. The lowest BCUT2D eigenvalue weighted by molar-refractivity contribution is -0.139. The predicted molar refractivity (Wildman–Crippen MR) is 88.2 cm³/mol. The number of ketones is 1. The van der Waals surface area contributed by atoms with Crippen molar-refractivity contribution in [2.24, 2.45) is 5.92 Å². The molecule has 1 aromatic rings. The third kappa shape index (κ3) is 2.81. The van der Waals surface area contributed by atoms with Gasteiger partial charge in [0.15, 0.2) is 12.4 Å². The molecule has 7 heteroatoms. The van der Waals surface area contributed by atoms with Crippen molar-refractivity contribution in [1.82, 2.24) is 0 Å². The number of carboxylic acids is 1. The van der Waals surface area contributed by atoms with E-state index in [2.05, 4.69) is 0 Å². The molecule has 0 heterocycles. The molecule has 1 aromatic carbocycles. The van der Waals surface area contributed by atoms with Crippen LogP contribution >= 0.6 is 34.8 Å². The molecule has 1 unspecified atom stereocenters. The van der Waals surface area contributed by atoms with E-state index < -0.39 is 17.5 Å². The predicted octanol–water partition coefficient (Wildman–Crippen LogP) is 4.36. The first kappa shape index (κ1) is 16.9. The van der Waals surface area contributed by atoms with Gasteiger partial charge in [-0.3, -0.25) is 4.79 Å². The summed E-state index contributed by atoms with van der Waals surface area (Å²) >= 11 is 19.1. The lowest BCUT2D eigenvalue weighted by Gasteiger charge is -2.26. The highest BCUT2D eigenvalue weighted by Gasteiger charge is 2.51. The molecule has 124 valence electrons. The van der Waals surface area contributed by atoms with E-state index in [0.717, 1.165) is 25.7 Å². The number of carbonyl (C=O) groups excluding carboxylic acids is 1. The van der Waals surface area contributed by atoms with E-state index in [9.17, 15) is 9.59 Å². The van der Waals surface area contributed by atoms with Gasteiger partial charge < -0.3 is 9.84 Å². The minimum absolute atomic E-state index is 0.0485. The van der Waals surface area contributed by atoms with Crippen molar-refractivity contribution in [2.45, 2.75) is 37.0 Å². The molecular weight excluding hydrogens is 363 g/mol. The van der Waals surface area contributed by atoms with Crippen LogP contribution in [0.25, 0.3) is 0 Å². The second-order valence-electron chi connectivity index (χ2n) is 6.07. The minimum atomic E-state index is -1.12. The van der Waals surface area contributed by atoms with Gasteiger partial charge >= 0.3 is 5.97 Å². The number of aliphatic carboxylic acids is 1. The maximum absolute atomic E-state index is 12.8. The van der Waals surface area contributed by atoms with E-state index in [4.69, 9.17) is 44.6 Å². The fourth-order valence-corrected chi connectivity index (χ4v) is 4.52. The van der Waals surface area contributed by atoms with Crippen LogP contribution in [0, 0.1) is 5.92 Å². The monoisotopic (exact) mass is 376 g/mol. The summed E-state index contributed by atoms with van der Waals surface area (Å²) in [5.41, 5.74) is 1.02. The zero-order valence-electron chi connectivity index (χ0n) is 12.2. The molecule has 23 heavy (non-hydrogen) atoms. The molecule has 3 rings (SSSR count). The molecule has 0 aromatic heterocycles. The second kappa shape index (κ2) is 6.15. The summed E-state index contributed by atoms with van der Waals surface area (Å²) in [6.45, 7) is -0.530. The van der Waals surface area contributed by atoms with Gasteiger partial charge in [-0.05, 0) is 30.4 Å². The molecule has 0 radical (unpaired) electrons. The first-order valence-electron chi connectivity index (χ1n) is 7.43. The summed E-state index contributed by atoms with van der Waals surface area (Å²) in [7, 11) is 0. The largest absolute Gasteiger partial charge is 0.480 e. The molecule has 0 saturated heterocycles. The van der Waals surface area contributed by atoms with Crippen LogP contribution in [-0.4, -0.2) is 28.3 Å². The highest BCUT2D eigenvalue weighted by molar-refractivity contribution is 6.48. The van der Waals surface area contributed by atoms with Crippen LogP contribution in [0.1, 0.15) is 41.6 Å². The lowest BCUT2D eigenvalue weighted by atomic mass is 9.86. The van der Waals surface area contributed by atoms with Crippen LogP contribution in [0.4, 0.5) is 0 Å². The van der Waals surface area contributed by atoms with Crippen LogP contribution in [0.15, 0.2) is 6.07 Å². The van der Waals surface area contributed by atoms with Gasteiger partial charge in [0, 0.05) is 12.0 Å². The number of carboxylic acid groups (broad SMARTS) is 1. The smallest absolute Gasteiger partial charge is 0.341 e. The van der Waals surface area contributed by atoms with Gasteiger partial charge in [0.05, 0.1) is 5.02 Å².